The zero-order chi connectivity index (χ0) is 12.2. The molecule has 0 aromatic heterocycles. The van der Waals surface area contributed by atoms with Gasteiger partial charge < -0.3 is 0 Å². The maximum atomic E-state index is 9.59. The molecule has 0 spiro atoms. The third-order valence-corrected chi connectivity index (χ3v) is 3.97. The second kappa shape index (κ2) is 5.68. The minimum atomic E-state index is -0.262. The third-order valence-electron chi connectivity index (χ3n) is 3.97. The Morgan fingerprint density at radius 2 is 2.12 bits per heavy atom. The summed E-state index contributed by atoms with van der Waals surface area (Å²) in [6.07, 6.45) is 4.60. The molecule has 1 aliphatic carbocycles. The average molecular weight is 222 g/mol. The second-order valence-corrected chi connectivity index (χ2v) is 5.75. The van der Waals surface area contributed by atoms with Crippen LogP contribution >= 0.6 is 0 Å². The number of hydrogen-bond acceptors (Lipinski definition) is 2. The van der Waals surface area contributed by atoms with Crippen LogP contribution in [0.5, 0.6) is 0 Å². The Morgan fingerprint density at radius 1 is 1.44 bits per heavy atom. The summed E-state index contributed by atoms with van der Waals surface area (Å²) < 4.78 is 0. The van der Waals surface area contributed by atoms with E-state index in [2.05, 4.69) is 39.1 Å². The summed E-state index contributed by atoms with van der Waals surface area (Å²) in [5.74, 6) is 1.79. The van der Waals surface area contributed by atoms with Gasteiger partial charge in [0.05, 0.1) is 6.07 Å². The molecule has 16 heavy (non-hydrogen) atoms. The lowest BCUT2D eigenvalue weighted by Crippen LogP contribution is -2.55. The van der Waals surface area contributed by atoms with Gasteiger partial charge in [-0.1, -0.05) is 34.1 Å². The molecule has 1 N–H and O–H groups in total. The van der Waals surface area contributed by atoms with Crippen molar-refractivity contribution in [3.63, 3.8) is 0 Å². The van der Waals surface area contributed by atoms with Gasteiger partial charge in [0.1, 0.15) is 5.54 Å². The predicted molar refractivity (Wildman–Crippen MR) is 68.0 cm³/mol. The first-order chi connectivity index (χ1) is 7.55. The zero-order valence-electron chi connectivity index (χ0n) is 11.2. The van der Waals surface area contributed by atoms with Gasteiger partial charge in [-0.3, -0.25) is 5.32 Å². The van der Waals surface area contributed by atoms with Gasteiger partial charge in [-0.05, 0) is 43.6 Å². The van der Waals surface area contributed by atoms with Crippen molar-refractivity contribution in [3.05, 3.63) is 0 Å². The molecule has 0 aromatic carbocycles. The van der Waals surface area contributed by atoms with Gasteiger partial charge in [0.2, 0.25) is 0 Å². The van der Waals surface area contributed by atoms with Crippen LogP contribution in [0.3, 0.4) is 0 Å². The molecule has 2 nitrogen and oxygen atoms in total. The molecule has 92 valence electrons. The van der Waals surface area contributed by atoms with E-state index in [0.717, 1.165) is 19.4 Å². The van der Waals surface area contributed by atoms with E-state index < -0.39 is 0 Å². The summed E-state index contributed by atoms with van der Waals surface area (Å²) in [4.78, 5) is 0. The van der Waals surface area contributed by atoms with E-state index in [1.165, 1.54) is 12.8 Å². The van der Waals surface area contributed by atoms with Gasteiger partial charge in [0, 0.05) is 0 Å². The molecule has 0 saturated heterocycles. The molecule has 0 radical (unpaired) electrons. The fraction of sp³-hybridized carbons (Fsp3) is 0.929. The molecule has 0 heterocycles. The smallest absolute Gasteiger partial charge is 0.110 e. The van der Waals surface area contributed by atoms with Crippen molar-refractivity contribution in [2.24, 2.45) is 17.8 Å². The topological polar surface area (TPSA) is 35.8 Å². The summed E-state index contributed by atoms with van der Waals surface area (Å²) in [6, 6.07) is 2.60. The van der Waals surface area contributed by atoms with Crippen LogP contribution in [-0.2, 0) is 0 Å². The summed E-state index contributed by atoms with van der Waals surface area (Å²) in [6.45, 7) is 9.90. The van der Waals surface area contributed by atoms with Crippen LogP contribution in [0.2, 0.25) is 0 Å². The van der Waals surface area contributed by atoms with E-state index >= 15 is 0 Å². The van der Waals surface area contributed by atoms with Crippen molar-refractivity contribution >= 4 is 0 Å². The lowest BCUT2D eigenvalue weighted by molar-refractivity contribution is 0.119. The summed E-state index contributed by atoms with van der Waals surface area (Å²) >= 11 is 0. The van der Waals surface area contributed by atoms with Gasteiger partial charge in [0.25, 0.3) is 0 Å². The van der Waals surface area contributed by atoms with Crippen LogP contribution in [0.25, 0.3) is 0 Å². The largest absolute Gasteiger partial charge is 0.299 e. The number of nitrogens with one attached hydrogen (secondary N) is 1. The van der Waals surface area contributed by atoms with Crippen molar-refractivity contribution < 1.29 is 0 Å². The third kappa shape index (κ3) is 2.77. The molecular formula is C14H26N2. The van der Waals surface area contributed by atoms with E-state index in [-0.39, 0.29) is 5.54 Å². The van der Waals surface area contributed by atoms with Crippen molar-refractivity contribution in [2.75, 3.05) is 6.54 Å². The Kier molecular flexibility index (Phi) is 4.80. The van der Waals surface area contributed by atoms with Crippen LogP contribution in [-0.4, -0.2) is 12.1 Å². The van der Waals surface area contributed by atoms with Gasteiger partial charge >= 0.3 is 0 Å². The lowest BCUT2D eigenvalue weighted by Gasteiger charge is -2.44. The highest BCUT2D eigenvalue weighted by atomic mass is 15.0. The van der Waals surface area contributed by atoms with Gasteiger partial charge in [-0.25, -0.2) is 0 Å². The second-order valence-electron chi connectivity index (χ2n) is 5.75. The van der Waals surface area contributed by atoms with E-state index in [9.17, 15) is 5.26 Å². The summed E-state index contributed by atoms with van der Waals surface area (Å²) in [7, 11) is 0. The molecular weight excluding hydrogens is 196 g/mol. The standard InChI is InChI=1S/C14H26N2/c1-5-8-16-14(10-15)9-12(4)6-7-13(14)11(2)3/h11-13,16H,5-9H2,1-4H3. The first-order valence-corrected chi connectivity index (χ1v) is 6.72. The Hall–Kier alpha value is -0.550. The molecule has 0 amide bonds. The Balaban J connectivity index is 2.84. The van der Waals surface area contributed by atoms with E-state index in [4.69, 9.17) is 0 Å². The highest BCUT2D eigenvalue weighted by molar-refractivity contribution is 5.14. The number of rotatable bonds is 4. The molecule has 1 rings (SSSR count). The van der Waals surface area contributed by atoms with Crippen LogP contribution in [0.1, 0.15) is 53.4 Å². The minimum absolute atomic E-state index is 0.262. The summed E-state index contributed by atoms with van der Waals surface area (Å²) in [5.41, 5.74) is -0.262. The van der Waals surface area contributed by atoms with Gasteiger partial charge in [-0.2, -0.15) is 5.26 Å². The summed E-state index contributed by atoms with van der Waals surface area (Å²) in [5, 5.41) is 13.1. The molecule has 1 saturated carbocycles. The van der Waals surface area contributed by atoms with Gasteiger partial charge in [-0.15, -0.1) is 0 Å². The molecule has 2 heteroatoms. The zero-order valence-corrected chi connectivity index (χ0v) is 11.2. The van der Waals surface area contributed by atoms with Gasteiger partial charge in [0.15, 0.2) is 0 Å². The quantitative estimate of drug-likeness (QED) is 0.792. The van der Waals surface area contributed by atoms with E-state index in [1.807, 2.05) is 0 Å². The highest BCUT2D eigenvalue weighted by Crippen LogP contribution is 2.40. The Morgan fingerprint density at radius 3 is 2.62 bits per heavy atom. The Bertz CT molecular complexity index is 254. The molecule has 1 fully saturated rings. The Labute approximate surface area is 100 Å². The molecule has 3 atom stereocenters. The van der Waals surface area contributed by atoms with Crippen LogP contribution < -0.4 is 5.32 Å². The lowest BCUT2D eigenvalue weighted by atomic mass is 9.65. The van der Waals surface area contributed by atoms with Crippen molar-refractivity contribution in [2.45, 2.75) is 58.9 Å². The normalized spacial score (nSPS) is 35.0. The fourth-order valence-electron chi connectivity index (χ4n) is 3.14. The van der Waals surface area contributed by atoms with Crippen molar-refractivity contribution in [1.29, 1.82) is 5.26 Å². The monoisotopic (exact) mass is 222 g/mol. The minimum Gasteiger partial charge on any atom is -0.299 e. The number of hydrogen-bond donors (Lipinski definition) is 1. The molecule has 0 bridgehead atoms. The average Bonchev–Trinajstić information content (AvgIpc) is 2.25. The van der Waals surface area contributed by atoms with Crippen LogP contribution in [0, 0.1) is 29.1 Å². The number of nitrogens with zero attached hydrogens (tertiary/aromatic N) is 1. The molecule has 0 aliphatic heterocycles. The highest BCUT2D eigenvalue weighted by Gasteiger charge is 2.44. The maximum Gasteiger partial charge on any atom is 0.110 e. The van der Waals surface area contributed by atoms with Crippen molar-refractivity contribution in [3.8, 4) is 6.07 Å². The van der Waals surface area contributed by atoms with E-state index in [1.54, 1.807) is 0 Å². The molecule has 3 unspecified atom stereocenters. The first-order valence-electron chi connectivity index (χ1n) is 6.72. The fourth-order valence-corrected chi connectivity index (χ4v) is 3.14. The number of nitriles is 1. The molecule has 0 aromatic rings. The molecule has 1 aliphatic rings. The SMILES string of the molecule is CCCNC1(C#N)CC(C)CCC1C(C)C. The van der Waals surface area contributed by atoms with E-state index in [0.29, 0.717) is 17.8 Å². The van der Waals surface area contributed by atoms with Crippen LogP contribution in [0.4, 0.5) is 0 Å². The predicted octanol–water partition coefficient (Wildman–Crippen LogP) is 3.34. The van der Waals surface area contributed by atoms with Crippen LogP contribution in [0.15, 0.2) is 0 Å². The van der Waals surface area contributed by atoms with Crippen molar-refractivity contribution in [1.82, 2.24) is 5.32 Å². The first kappa shape index (κ1) is 13.5. The maximum absolute atomic E-state index is 9.59.